The highest BCUT2D eigenvalue weighted by Gasteiger charge is 2.16. The second-order valence-corrected chi connectivity index (χ2v) is 3.24. The molecular weight excluding hydrogens is 197 g/mol. The van der Waals surface area contributed by atoms with E-state index in [-0.39, 0.29) is 0 Å². The Hall–Kier alpha value is -1.29. The van der Waals surface area contributed by atoms with Crippen molar-refractivity contribution in [2.45, 2.75) is 19.6 Å². The molecule has 1 unspecified atom stereocenters. The van der Waals surface area contributed by atoms with Crippen molar-refractivity contribution < 1.29 is 13.9 Å². The van der Waals surface area contributed by atoms with Gasteiger partial charge < -0.3 is 15.2 Å². The van der Waals surface area contributed by atoms with Crippen molar-refractivity contribution in [2.24, 2.45) is 5.73 Å². The number of benzene rings is 1. The first-order chi connectivity index (χ1) is 7.13. The molecule has 0 aliphatic heterocycles. The van der Waals surface area contributed by atoms with Crippen LogP contribution in [0.2, 0.25) is 0 Å². The fourth-order valence-electron chi connectivity index (χ4n) is 1.47. The van der Waals surface area contributed by atoms with Crippen molar-refractivity contribution in [3.63, 3.8) is 0 Å². The Morgan fingerprint density at radius 1 is 1.33 bits per heavy atom. The van der Waals surface area contributed by atoms with Gasteiger partial charge in [0.25, 0.3) is 0 Å². The molecule has 0 radical (unpaired) electrons. The average molecular weight is 213 g/mol. The topological polar surface area (TPSA) is 44.5 Å². The lowest BCUT2D eigenvalue weighted by molar-refractivity contribution is 0.323. The van der Waals surface area contributed by atoms with Crippen molar-refractivity contribution >= 4 is 0 Å². The van der Waals surface area contributed by atoms with Crippen molar-refractivity contribution in [2.75, 3.05) is 14.2 Å². The van der Waals surface area contributed by atoms with Crippen LogP contribution >= 0.6 is 0 Å². The molecule has 1 atom stereocenters. The molecule has 0 fully saturated rings. The van der Waals surface area contributed by atoms with Gasteiger partial charge in [0.1, 0.15) is 6.17 Å². The van der Waals surface area contributed by atoms with Gasteiger partial charge in [-0.05, 0) is 24.6 Å². The Balaban J connectivity index is 3.32. The molecule has 2 N–H and O–H groups in total. The van der Waals surface area contributed by atoms with Crippen LogP contribution in [0, 0.1) is 0 Å². The van der Waals surface area contributed by atoms with E-state index in [1.807, 2.05) is 0 Å². The minimum absolute atomic E-state index is 0.347. The second-order valence-electron chi connectivity index (χ2n) is 3.24. The normalized spacial score (nSPS) is 12.3. The number of hydrogen-bond acceptors (Lipinski definition) is 3. The third-order valence-corrected chi connectivity index (χ3v) is 2.23. The molecule has 84 valence electrons. The number of methoxy groups -OCH3 is 2. The van der Waals surface area contributed by atoms with Gasteiger partial charge in [-0.25, -0.2) is 4.39 Å². The summed E-state index contributed by atoms with van der Waals surface area (Å²) in [6.45, 7) is 1.80. The Kier molecular flexibility index (Phi) is 3.91. The summed E-state index contributed by atoms with van der Waals surface area (Å²) in [7, 11) is 3.01. The van der Waals surface area contributed by atoms with Crippen molar-refractivity contribution in [1.29, 1.82) is 0 Å². The van der Waals surface area contributed by atoms with E-state index < -0.39 is 6.17 Å². The van der Waals surface area contributed by atoms with Gasteiger partial charge in [-0.1, -0.05) is 0 Å². The maximum Gasteiger partial charge on any atom is 0.166 e. The third-order valence-electron chi connectivity index (χ3n) is 2.23. The largest absolute Gasteiger partial charge is 0.493 e. The summed E-state index contributed by atoms with van der Waals surface area (Å²) in [5.74, 6) is 0.949. The molecule has 0 spiro atoms. The number of hydrogen-bond donors (Lipinski definition) is 1. The highest BCUT2D eigenvalue weighted by molar-refractivity contribution is 5.50. The van der Waals surface area contributed by atoms with Crippen LogP contribution in [-0.4, -0.2) is 14.2 Å². The van der Waals surface area contributed by atoms with Gasteiger partial charge in [-0.2, -0.15) is 0 Å². The fourth-order valence-corrected chi connectivity index (χ4v) is 1.47. The minimum Gasteiger partial charge on any atom is -0.493 e. The van der Waals surface area contributed by atoms with Crippen LogP contribution in [0.4, 0.5) is 4.39 Å². The third kappa shape index (κ3) is 2.39. The van der Waals surface area contributed by atoms with Crippen molar-refractivity contribution in [1.82, 2.24) is 0 Å². The molecule has 0 aliphatic rings. The molecule has 0 heterocycles. The quantitative estimate of drug-likeness (QED) is 0.833. The molecule has 4 heteroatoms. The number of ether oxygens (including phenoxy) is 2. The fraction of sp³-hybridized carbons (Fsp3) is 0.455. The molecule has 0 aliphatic carbocycles. The summed E-state index contributed by atoms with van der Waals surface area (Å²) in [5.41, 5.74) is 6.81. The van der Waals surface area contributed by atoms with E-state index in [4.69, 9.17) is 15.2 Å². The van der Waals surface area contributed by atoms with Crippen molar-refractivity contribution in [3.8, 4) is 11.5 Å². The smallest absolute Gasteiger partial charge is 0.166 e. The van der Waals surface area contributed by atoms with Gasteiger partial charge in [0, 0.05) is 12.1 Å². The summed E-state index contributed by atoms with van der Waals surface area (Å²) in [6, 6.07) is 3.46. The van der Waals surface area contributed by atoms with Crippen LogP contribution in [0.3, 0.4) is 0 Å². The standard InChI is InChI=1S/C11H16FNO2/c1-7(12)9-4-8(6-13)5-10(14-2)11(9)15-3/h4-5,7H,6,13H2,1-3H3. The summed E-state index contributed by atoms with van der Waals surface area (Å²) < 4.78 is 23.6. The van der Waals surface area contributed by atoms with Crippen LogP contribution < -0.4 is 15.2 Å². The predicted octanol–water partition coefficient (Wildman–Crippen LogP) is 2.19. The van der Waals surface area contributed by atoms with E-state index in [1.54, 1.807) is 12.1 Å². The molecule has 0 bridgehead atoms. The molecule has 3 nitrogen and oxygen atoms in total. The Labute approximate surface area is 89.0 Å². The number of halogens is 1. The van der Waals surface area contributed by atoms with Crippen LogP contribution in [0.1, 0.15) is 24.2 Å². The second kappa shape index (κ2) is 4.98. The van der Waals surface area contributed by atoms with Crippen LogP contribution in [-0.2, 0) is 6.54 Å². The zero-order valence-corrected chi connectivity index (χ0v) is 9.21. The van der Waals surface area contributed by atoms with Crippen molar-refractivity contribution in [3.05, 3.63) is 23.3 Å². The van der Waals surface area contributed by atoms with E-state index in [9.17, 15) is 4.39 Å². The van der Waals surface area contributed by atoms with Gasteiger partial charge in [0.15, 0.2) is 11.5 Å². The molecule has 0 aromatic heterocycles. The number of rotatable bonds is 4. The van der Waals surface area contributed by atoms with E-state index >= 15 is 0 Å². The Bertz CT molecular complexity index is 340. The van der Waals surface area contributed by atoms with Gasteiger partial charge in [0.05, 0.1) is 14.2 Å². The van der Waals surface area contributed by atoms with E-state index in [0.717, 1.165) is 5.56 Å². The molecular formula is C11H16FNO2. The van der Waals surface area contributed by atoms with Crippen LogP contribution in [0.25, 0.3) is 0 Å². The molecule has 0 saturated carbocycles. The molecule has 0 saturated heterocycles. The highest BCUT2D eigenvalue weighted by Crippen LogP contribution is 2.37. The van der Waals surface area contributed by atoms with Gasteiger partial charge in [0.2, 0.25) is 0 Å². The predicted molar refractivity (Wildman–Crippen MR) is 57.0 cm³/mol. The summed E-state index contributed by atoms with van der Waals surface area (Å²) in [4.78, 5) is 0. The highest BCUT2D eigenvalue weighted by atomic mass is 19.1. The zero-order chi connectivity index (χ0) is 11.4. The first-order valence-corrected chi connectivity index (χ1v) is 4.73. The maximum absolute atomic E-state index is 13.3. The average Bonchev–Trinajstić information content (AvgIpc) is 2.26. The first kappa shape index (κ1) is 11.8. The molecule has 1 aromatic carbocycles. The lowest BCUT2D eigenvalue weighted by Crippen LogP contribution is -2.02. The molecule has 0 amide bonds. The Morgan fingerprint density at radius 2 is 2.00 bits per heavy atom. The van der Waals surface area contributed by atoms with E-state index in [1.165, 1.54) is 21.1 Å². The number of alkyl halides is 1. The molecule has 1 aromatic rings. The van der Waals surface area contributed by atoms with Gasteiger partial charge in [-0.3, -0.25) is 0 Å². The monoisotopic (exact) mass is 213 g/mol. The van der Waals surface area contributed by atoms with E-state index in [0.29, 0.717) is 23.6 Å². The van der Waals surface area contributed by atoms with Crippen LogP contribution in [0.5, 0.6) is 11.5 Å². The summed E-state index contributed by atoms with van der Waals surface area (Å²) in [5, 5.41) is 0. The van der Waals surface area contributed by atoms with Crippen LogP contribution in [0.15, 0.2) is 12.1 Å². The SMILES string of the molecule is COc1cc(CN)cc(C(C)F)c1OC. The maximum atomic E-state index is 13.3. The molecule has 15 heavy (non-hydrogen) atoms. The number of nitrogens with two attached hydrogens (primary N) is 1. The van der Waals surface area contributed by atoms with Gasteiger partial charge >= 0.3 is 0 Å². The lowest BCUT2D eigenvalue weighted by atomic mass is 10.1. The molecule has 1 rings (SSSR count). The van der Waals surface area contributed by atoms with E-state index in [2.05, 4.69) is 0 Å². The summed E-state index contributed by atoms with van der Waals surface area (Å²) >= 11 is 0. The minimum atomic E-state index is -1.11. The lowest BCUT2D eigenvalue weighted by Gasteiger charge is -2.15. The first-order valence-electron chi connectivity index (χ1n) is 4.73. The zero-order valence-electron chi connectivity index (χ0n) is 9.21. The summed E-state index contributed by atoms with van der Waals surface area (Å²) in [6.07, 6.45) is -1.11. The Morgan fingerprint density at radius 3 is 2.40 bits per heavy atom. The van der Waals surface area contributed by atoms with Gasteiger partial charge in [-0.15, -0.1) is 0 Å².